The van der Waals surface area contributed by atoms with Crippen LogP contribution in [-0.2, 0) is 10.8 Å². The van der Waals surface area contributed by atoms with Crippen molar-refractivity contribution in [3.05, 3.63) is 169 Å². The Balaban J connectivity index is 1.22. The quantitative estimate of drug-likeness (QED) is 0.180. The van der Waals surface area contributed by atoms with Crippen LogP contribution in [0.1, 0.15) is 51.7 Å². The second kappa shape index (κ2) is 11.7. The van der Waals surface area contributed by atoms with Crippen molar-refractivity contribution in [2.75, 3.05) is 4.90 Å². The molecule has 3 nitrogen and oxygen atoms in total. The van der Waals surface area contributed by atoms with Gasteiger partial charge in [-0.25, -0.2) is 0 Å². The van der Waals surface area contributed by atoms with Crippen LogP contribution in [0.2, 0.25) is 0 Å². The van der Waals surface area contributed by atoms with Crippen LogP contribution in [0.3, 0.4) is 0 Å². The number of rotatable bonds is 5. The van der Waals surface area contributed by atoms with E-state index >= 15 is 0 Å². The number of anilines is 3. The number of aromatic nitrogens is 1. The van der Waals surface area contributed by atoms with Crippen molar-refractivity contribution in [1.82, 2.24) is 4.57 Å². The van der Waals surface area contributed by atoms with Gasteiger partial charge in [0.05, 0.1) is 27.8 Å². The molecule has 0 fully saturated rings. The summed E-state index contributed by atoms with van der Waals surface area (Å²) in [5.74, 6) is 0. The fourth-order valence-electron chi connectivity index (χ4n) is 8.94. The molecular formula is C50H42N2O. The molecule has 0 bridgehead atoms. The number of para-hydroxylation sites is 3. The average Bonchev–Trinajstić information content (AvgIpc) is 3.73. The number of benzene rings is 7. The van der Waals surface area contributed by atoms with Crippen molar-refractivity contribution in [2.24, 2.45) is 0 Å². The first-order valence-electron chi connectivity index (χ1n) is 18.8. The third-order valence-electron chi connectivity index (χ3n) is 11.9. The van der Waals surface area contributed by atoms with Crippen molar-refractivity contribution < 1.29 is 4.42 Å². The average molecular weight is 687 g/mol. The van der Waals surface area contributed by atoms with Gasteiger partial charge >= 0.3 is 0 Å². The Morgan fingerprint density at radius 2 is 1.09 bits per heavy atom. The Morgan fingerprint density at radius 3 is 1.79 bits per heavy atom. The molecule has 2 aromatic heterocycles. The van der Waals surface area contributed by atoms with Crippen molar-refractivity contribution >= 4 is 60.8 Å². The molecule has 0 unspecified atom stereocenters. The second-order valence-electron chi connectivity index (χ2n) is 16.0. The van der Waals surface area contributed by atoms with E-state index in [1.807, 2.05) is 0 Å². The Hall–Kier alpha value is -6.06. The van der Waals surface area contributed by atoms with Crippen molar-refractivity contribution in [3.8, 4) is 16.8 Å². The SMILES string of the molecule is CC1(C)CCC(C)(C)c2cc3c(cc21)oc1cccc(N(c2ccc(-n4c5ccccc5c5ccccc54)cc2)c2ccccc2-c2ccccc2)c13. The third kappa shape index (κ3) is 4.94. The van der Waals surface area contributed by atoms with E-state index in [0.29, 0.717) is 0 Å². The van der Waals surface area contributed by atoms with Gasteiger partial charge in [-0.2, -0.15) is 0 Å². The molecule has 0 atom stereocenters. The molecule has 0 spiro atoms. The monoisotopic (exact) mass is 686 g/mol. The molecule has 1 aliphatic carbocycles. The third-order valence-corrected chi connectivity index (χ3v) is 11.9. The predicted molar refractivity (Wildman–Crippen MR) is 223 cm³/mol. The van der Waals surface area contributed by atoms with E-state index < -0.39 is 0 Å². The second-order valence-corrected chi connectivity index (χ2v) is 16.0. The molecule has 53 heavy (non-hydrogen) atoms. The molecule has 9 aromatic rings. The van der Waals surface area contributed by atoms with Crippen LogP contribution in [-0.4, -0.2) is 4.57 Å². The maximum absolute atomic E-state index is 6.78. The van der Waals surface area contributed by atoms with Crippen LogP contribution >= 0.6 is 0 Å². The molecule has 0 radical (unpaired) electrons. The van der Waals surface area contributed by atoms with Gasteiger partial charge in [0.25, 0.3) is 0 Å². The molecule has 3 heteroatoms. The lowest BCUT2D eigenvalue weighted by Crippen LogP contribution is -2.33. The maximum Gasteiger partial charge on any atom is 0.137 e. The highest BCUT2D eigenvalue weighted by molar-refractivity contribution is 6.14. The minimum Gasteiger partial charge on any atom is -0.456 e. The summed E-state index contributed by atoms with van der Waals surface area (Å²) in [4.78, 5) is 2.43. The maximum atomic E-state index is 6.78. The Labute approximate surface area is 310 Å². The van der Waals surface area contributed by atoms with Gasteiger partial charge in [-0.3, -0.25) is 0 Å². The minimum absolute atomic E-state index is 0.0832. The first-order chi connectivity index (χ1) is 25.8. The van der Waals surface area contributed by atoms with Gasteiger partial charge in [0.2, 0.25) is 0 Å². The van der Waals surface area contributed by atoms with Crippen LogP contribution in [0.5, 0.6) is 0 Å². The smallest absolute Gasteiger partial charge is 0.137 e. The molecule has 258 valence electrons. The van der Waals surface area contributed by atoms with E-state index in [0.717, 1.165) is 45.7 Å². The summed E-state index contributed by atoms with van der Waals surface area (Å²) in [6, 6.07) is 57.3. The zero-order chi connectivity index (χ0) is 35.9. The van der Waals surface area contributed by atoms with Crippen molar-refractivity contribution in [3.63, 3.8) is 0 Å². The molecule has 7 aromatic carbocycles. The van der Waals surface area contributed by atoms with E-state index in [1.54, 1.807) is 0 Å². The summed E-state index contributed by atoms with van der Waals surface area (Å²) in [7, 11) is 0. The van der Waals surface area contributed by atoms with Crippen LogP contribution < -0.4 is 4.90 Å². The highest BCUT2D eigenvalue weighted by Gasteiger charge is 2.38. The van der Waals surface area contributed by atoms with E-state index in [4.69, 9.17) is 4.42 Å². The Bertz CT molecular complexity index is 2780. The lowest BCUT2D eigenvalue weighted by atomic mass is 9.63. The molecule has 0 aliphatic heterocycles. The topological polar surface area (TPSA) is 21.3 Å². The van der Waals surface area contributed by atoms with Crippen LogP contribution in [0, 0.1) is 0 Å². The van der Waals surface area contributed by atoms with Gasteiger partial charge in [-0.1, -0.05) is 119 Å². The molecule has 0 saturated carbocycles. The molecule has 0 saturated heterocycles. The highest BCUT2D eigenvalue weighted by atomic mass is 16.3. The Kier molecular flexibility index (Phi) is 7.01. The zero-order valence-electron chi connectivity index (χ0n) is 30.7. The fourth-order valence-corrected chi connectivity index (χ4v) is 8.94. The molecule has 1 aliphatic rings. The van der Waals surface area contributed by atoms with E-state index in [1.165, 1.54) is 55.9 Å². The fraction of sp³-hybridized carbons (Fsp3) is 0.160. The molecule has 0 N–H and O–H groups in total. The number of furan rings is 1. The summed E-state index contributed by atoms with van der Waals surface area (Å²) in [5.41, 5.74) is 14.1. The predicted octanol–water partition coefficient (Wildman–Crippen LogP) is 14.2. The number of hydrogen-bond acceptors (Lipinski definition) is 2. The summed E-state index contributed by atoms with van der Waals surface area (Å²) in [5, 5.41) is 4.83. The van der Waals surface area contributed by atoms with Crippen LogP contribution in [0.15, 0.2) is 162 Å². The summed E-state index contributed by atoms with van der Waals surface area (Å²) < 4.78 is 9.16. The lowest BCUT2D eigenvalue weighted by molar-refractivity contribution is 0.332. The van der Waals surface area contributed by atoms with Gasteiger partial charge in [0.15, 0.2) is 0 Å². The number of nitrogens with zero attached hydrogens (tertiary/aromatic N) is 2. The summed E-state index contributed by atoms with van der Waals surface area (Å²) in [6.07, 6.45) is 2.33. The van der Waals surface area contributed by atoms with E-state index in [2.05, 4.69) is 195 Å². The van der Waals surface area contributed by atoms with E-state index in [9.17, 15) is 0 Å². The van der Waals surface area contributed by atoms with Gasteiger partial charge in [0.1, 0.15) is 11.2 Å². The lowest BCUT2D eigenvalue weighted by Gasteiger charge is -2.41. The van der Waals surface area contributed by atoms with Gasteiger partial charge in [0, 0.05) is 33.1 Å². The minimum atomic E-state index is 0.0832. The Morgan fingerprint density at radius 1 is 0.509 bits per heavy atom. The number of fused-ring (bicyclic) bond motifs is 7. The van der Waals surface area contributed by atoms with Crippen molar-refractivity contribution in [1.29, 1.82) is 0 Å². The largest absolute Gasteiger partial charge is 0.456 e. The summed E-state index contributed by atoms with van der Waals surface area (Å²) >= 11 is 0. The van der Waals surface area contributed by atoms with Crippen LogP contribution in [0.4, 0.5) is 17.1 Å². The standard InChI is InChI=1S/C50H42N2O/c1-49(2)29-30-50(3,4)41-32-47-39(31-40(41)49)48-45(23-14-24-46(48)53-47)52(42-20-11-8-17-36(42)33-15-6-5-7-16-33)35-27-25-34(26-28-35)51-43-21-12-9-18-37(43)38-19-10-13-22-44(38)51/h5-28,31-32H,29-30H2,1-4H3. The first kappa shape index (κ1) is 31.7. The van der Waals surface area contributed by atoms with Gasteiger partial charge in [-0.15, -0.1) is 0 Å². The molecule has 10 rings (SSSR count). The molecular weight excluding hydrogens is 645 g/mol. The summed E-state index contributed by atoms with van der Waals surface area (Å²) in [6.45, 7) is 9.56. The first-order valence-corrected chi connectivity index (χ1v) is 18.8. The molecule has 2 heterocycles. The normalized spacial score (nSPS) is 14.9. The number of hydrogen-bond donors (Lipinski definition) is 0. The molecule has 0 amide bonds. The van der Waals surface area contributed by atoms with Gasteiger partial charge in [-0.05, 0) is 107 Å². The zero-order valence-corrected chi connectivity index (χ0v) is 30.7. The highest BCUT2D eigenvalue weighted by Crippen LogP contribution is 2.51. The van der Waals surface area contributed by atoms with Gasteiger partial charge < -0.3 is 13.9 Å². The van der Waals surface area contributed by atoms with Crippen LogP contribution in [0.25, 0.3) is 60.6 Å². The van der Waals surface area contributed by atoms with Crippen molar-refractivity contribution in [2.45, 2.75) is 51.4 Å². The van der Waals surface area contributed by atoms with E-state index in [-0.39, 0.29) is 10.8 Å².